The average Bonchev–Trinajstić information content (AvgIpc) is 2.52. The molecule has 1 aliphatic rings. The molecule has 1 saturated heterocycles. The van der Waals surface area contributed by atoms with Gasteiger partial charge in [0.2, 0.25) is 0 Å². The van der Waals surface area contributed by atoms with Gasteiger partial charge < -0.3 is 9.84 Å². The van der Waals surface area contributed by atoms with E-state index in [1.54, 1.807) is 0 Å². The largest absolute Gasteiger partial charge is 0.382 e. The summed E-state index contributed by atoms with van der Waals surface area (Å²) < 4.78 is 6.20. The molecule has 0 saturated carbocycles. The topological polar surface area (TPSA) is 42.4 Å². The molecule has 1 aliphatic heterocycles. The standard InChI is InChI=1S/C9H12BrNO2S/c1-6-4-9(12,2-3-13-6)8-11-7(10)5-14-8/h5-6,12H,2-4H2,1H3. The van der Waals surface area contributed by atoms with Gasteiger partial charge in [-0.2, -0.15) is 0 Å². The van der Waals surface area contributed by atoms with Gasteiger partial charge in [0.15, 0.2) is 0 Å². The lowest BCUT2D eigenvalue weighted by Crippen LogP contribution is -2.37. The molecule has 2 rings (SSSR count). The van der Waals surface area contributed by atoms with Gasteiger partial charge in [0.05, 0.1) is 12.7 Å². The minimum Gasteiger partial charge on any atom is -0.382 e. The Hall–Kier alpha value is 0.0300. The third-order valence-electron chi connectivity index (χ3n) is 2.42. The Bertz CT molecular complexity index is 330. The van der Waals surface area contributed by atoms with E-state index < -0.39 is 5.60 Å². The second-order valence-corrected chi connectivity index (χ2v) is 5.31. The molecule has 78 valence electrons. The molecule has 0 amide bonds. The van der Waals surface area contributed by atoms with Crippen molar-refractivity contribution >= 4 is 27.3 Å². The molecule has 0 aliphatic carbocycles. The summed E-state index contributed by atoms with van der Waals surface area (Å²) in [5, 5.41) is 13.1. The van der Waals surface area contributed by atoms with Crippen molar-refractivity contribution in [2.45, 2.75) is 31.5 Å². The molecule has 3 nitrogen and oxygen atoms in total. The molecule has 5 heteroatoms. The minimum atomic E-state index is -0.783. The van der Waals surface area contributed by atoms with Crippen LogP contribution in [0.25, 0.3) is 0 Å². The summed E-state index contributed by atoms with van der Waals surface area (Å²) in [6.07, 6.45) is 1.38. The summed E-state index contributed by atoms with van der Waals surface area (Å²) in [6, 6.07) is 0. The second-order valence-electron chi connectivity index (χ2n) is 3.64. The van der Waals surface area contributed by atoms with E-state index in [-0.39, 0.29) is 6.10 Å². The maximum Gasteiger partial charge on any atom is 0.126 e. The molecule has 14 heavy (non-hydrogen) atoms. The fraction of sp³-hybridized carbons (Fsp3) is 0.667. The van der Waals surface area contributed by atoms with Crippen molar-refractivity contribution in [1.29, 1.82) is 0 Å². The smallest absolute Gasteiger partial charge is 0.126 e. The van der Waals surface area contributed by atoms with Crippen LogP contribution in [-0.2, 0) is 10.3 Å². The summed E-state index contributed by atoms with van der Waals surface area (Å²) in [5.41, 5.74) is -0.783. The average molecular weight is 278 g/mol. The summed E-state index contributed by atoms with van der Waals surface area (Å²) in [5.74, 6) is 0. The van der Waals surface area contributed by atoms with Crippen LogP contribution >= 0.6 is 27.3 Å². The fourth-order valence-corrected chi connectivity index (χ4v) is 3.12. The molecular weight excluding hydrogens is 266 g/mol. The van der Waals surface area contributed by atoms with Gasteiger partial charge in [0.1, 0.15) is 15.2 Å². The number of aromatic nitrogens is 1. The molecule has 2 atom stereocenters. The quantitative estimate of drug-likeness (QED) is 0.857. The monoisotopic (exact) mass is 277 g/mol. The van der Waals surface area contributed by atoms with Gasteiger partial charge >= 0.3 is 0 Å². The Labute approximate surface area is 95.3 Å². The van der Waals surface area contributed by atoms with Crippen molar-refractivity contribution in [2.24, 2.45) is 0 Å². The van der Waals surface area contributed by atoms with Crippen molar-refractivity contribution in [1.82, 2.24) is 4.98 Å². The van der Waals surface area contributed by atoms with Gasteiger partial charge in [0, 0.05) is 18.2 Å². The molecule has 0 aromatic carbocycles. The Morgan fingerprint density at radius 3 is 3.14 bits per heavy atom. The third kappa shape index (κ3) is 2.00. The molecule has 2 heterocycles. The molecule has 1 aromatic rings. The van der Waals surface area contributed by atoms with E-state index in [2.05, 4.69) is 20.9 Å². The molecule has 1 aromatic heterocycles. The maximum absolute atomic E-state index is 10.4. The number of halogens is 1. The highest BCUT2D eigenvalue weighted by Crippen LogP contribution is 2.36. The predicted octanol–water partition coefficient (Wildman–Crippen LogP) is 2.29. The summed E-state index contributed by atoms with van der Waals surface area (Å²) >= 11 is 4.79. The van der Waals surface area contributed by atoms with Crippen molar-refractivity contribution in [2.75, 3.05) is 6.61 Å². The number of rotatable bonds is 1. The van der Waals surface area contributed by atoms with E-state index in [0.717, 1.165) is 9.61 Å². The van der Waals surface area contributed by atoms with E-state index in [1.807, 2.05) is 12.3 Å². The molecular formula is C9H12BrNO2S. The normalized spacial score (nSPS) is 33.2. The van der Waals surface area contributed by atoms with Gasteiger partial charge in [-0.25, -0.2) is 4.98 Å². The number of thiazole rings is 1. The van der Waals surface area contributed by atoms with E-state index in [9.17, 15) is 5.11 Å². The minimum absolute atomic E-state index is 0.108. The van der Waals surface area contributed by atoms with Crippen LogP contribution in [0, 0.1) is 0 Å². The first-order chi connectivity index (χ1) is 6.60. The van der Waals surface area contributed by atoms with Gasteiger partial charge in [-0.15, -0.1) is 11.3 Å². The van der Waals surface area contributed by atoms with Crippen molar-refractivity contribution in [3.8, 4) is 0 Å². The summed E-state index contributed by atoms with van der Waals surface area (Å²) in [7, 11) is 0. The van der Waals surface area contributed by atoms with E-state index >= 15 is 0 Å². The van der Waals surface area contributed by atoms with E-state index in [4.69, 9.17) is 4.74 Å². The van der Waals surface area contributed by atoms with Gasteiger partial charge in [-0.05, 0) is 22.9 Å². The highest BCUT2D eigenvalue weighted by atomic mass is 79.9. The lowest BCUT2D eigenvalue weighted by atomic mass is 9.92. The number of ether oxygens (including phenoxy) is 1. The highest BCUT2D eigenvalue weighted by molar-refractivity contribution is 9.10. The molecule has 0 spiro atoms. The van der Waals surface area contributed by atoms with Crippen LogP contribution in [0.5, 0.6) is 0 Å². The Kier molecular flexibility index (Phi) is 2.93. The summed E-state index contributed by atoms with van der Waals surface area (Å²) in [6.45, 7) is 2.58. The van der Waals surface area contributed by atoms with Crippen LogP contribution < -0.4 is 0 Å². The van der Waals surface area contributed by atoms with Crippen molar-refractivity contribution < 1.29 is 9.84 Å². The maximum atomic E-state index is 10.4. The van der Waals surface area contributed by atoms with Gasteiger partial charge in [-0.3, -0.25) is 0 Å². The highest BCUT2D eigenvalue weighted by Gasteiger charge is 2.37. The van der Waals surface area contributed by atoms with Crippen LogP contribution in [0.4, 0.5) is 0 Å². The molecule has 2 unspecified atom stereocenters. The third-order valence-corrected chi connectivity index (χ3v) is 4.16. The number of nitrogens with zero attached hydrogens (tertiary/aromatic N) is 1. The molecule has 0 bridgehead atoms. The molecule has 0 radical (unpaired) electrons. The summed E-state index contributed by atoms with van der Waals surface area (Å²) in [4.78, 5) is 4.27. The first kappa shape index (κ1) is 10.5. The number of hydrogen-bond donors (Lipinski definition) is 1. The van der Waals surface area contributed by atoms with Crippen LogP contribution in [0.15, 0.2) is 9.98 Å². The number of hydrogen-bond acceptors (Lipinski definition) is 4. The van der Waals surface area contributed by atoms with E-state index in [1.165, 1.54) is 11.3 Å². The fourth-order valence-electron chi connectivity index (χ4n) is 1.73. The van der Waals surface area contributed by atoms with Crippen molar-refractivity contribution in [3.63, 3.8) is 0 Å². The van der Waals surface area contributed by atoms with Crippen LogP contribution in [0.3, 0.4) is 0 Å². The van der Waals surface area contributed by atoms with Crippen LogP contribution in [0.2, 0.25) is 0 Å². The second kappa shape index (κ2) is 3.89. The van der Waals surface area contributed by atoms with Crippen LogP contribution in [0.1, 0.15) is 24.8 Å². The van der Waals surface area contributed by atoms with Crippen LogP contribution in [-0.4, -0.2) is 22.8 Å². The lowest BCUT2D eigenvalue weighted by Gasteiger charge is -2.33. The first-order valence-electron chi connectivity index (χ1n) is 4.56. The predicted molar refractivity (Wildman–Crippen MR) is 58.4 cm³/mol. The van der Waals surface area contributed by atoms with Gasteiger partial charge in [0.25, 0.3) is 0 Å². The zero-order valence-corrected chi connectivity index (χ0v) is 10.3. The number of aliphatic hydroxyl groups is 1. The van der Waals surface area contributed by atoms with Crippen molar-refractivity contribution in [3.05, 3.63) is 15.0 Å². The van der Waals surface area contributed by atoms with Gasteiger partial charge in [-0.1, -0.05) is 0 Å². The first-order valence-corrected chi connectivity index (χ1v) is 6.23. The SMILES string of the molecule is CC1CC(O)(c2nc(Br)cs2)CCO1. The zero-order valence-electron chi connectivity index (χ0n) is 7.86. The Morgan fingerprint density at radius 1 is 1.79 bits per heavy atom. The molecule has 1 N–H and O–H groups in total. The lowest BCUT2D eigenvalue weighted by molar-refractivity contribution is -0.101. The zero-order chi connectivity index (χ0) is 10.2. The molecule has 1 fully saturated rings. The Balaban J connectivity index is 2.22. The van der Waals surface area contributed by atoms with E-state index in [0.29, 0.717) is 19.4 Å². The Morgan fingerprint density at radius 2 is 2.57 bits per heavy atom.